The van der Waals surface area contributed by atoms with Gasteiger partial charge >= 0.3 is 0 Å². The van der Waals surface area contributed by atoms with Crippen LogP contribution in [0.1, 0.15) is 11.8 Å². The highest BCUT2D eigenvalue weighted by atomic mass is 127. The summed E-state index contributed by atoms with van der Waals surface area (Å²) in [5.41, 5.74) is 2.08. The SMILES string of the molecule is CNC(O)[C@H]1O[C@@H](n2cnc3c(NCc4cccc(I)c4)nc(SC)nc32)[C@H](O)[C@@H]1O. The second-order valence-electron chi connectivity index (χ2n) is 7.07. The molecule has 3 heterocycles. The third-order valence-corrected chi connectivity index (χ3v) is 6.31. The molecule has 0 bridgehead atoms. The first-order chi connectivity index (χ1) is 14.9. The molecule has 31 heavy (non-hydrogen) atoms. The summed E-state index contributed by atoms with van der Waals surface area (Å²) in [5, 5.41) is 37.4. The Hall–Kier alpha value is -1.55. The highest BCUT2D eigenvalue weighted by molar-refractivity contribution is 14.1. The van der Waals surface area contributed by atoms with E-state index in [0.29, 0.717) is 28.7 Å². The molecule has 1 aliphatic heterocycles. The lowest BCUT2D eigenvalue weighted by atomic mass is 10.1. The van der Waals surface area contributed by atoms with Crippen molar-refractivity contribution in [3.63, 3.8) is 0 Å². The average molecular weight is 558 g/mol. The van der Waals surface area contributed by atoms with Gasteiger partial charge in [-0.1, -0.05) is 23.9 Å². The van der Waals surface area contributed by atoms with Gasteiger partial charge in [-0.05, 0) is 53.6 Å². The van der Waals surface area contributed by atoms with Gasteiger partial charge in [-0.2, -0.15) is 0 Å². The molecule has 5 atom stereocenters. The molecule has 4 rings (SSSR count). The van der Waals surface area contributed by atoms with E-state index in [0.717, 1.165) is 9.13 Å². The largest absolute Gasteiger partial charge is 0.387 e. The van der Waals surface area contributed by atoms with Crippen molar-refractivity contribution in [3.8, 4) is 0 Å². The second kappa shape index (κ2) is 9.52. The van der Waals surface area contributed by atoms with Crippen LogP contribution in [0, 0.1) is 3.57 Å². The van der Waals surface area contributed by atoms with E-state index in [1.165, 1.54) is 25.1 Å². The topological polar surface area (TPSA) is 138 Å². The van der Waals surface area contributed by atoms with E-state index in [2.05, 4.69) is 54.2 Å². The quantitative estimate of drug-likeness (QED) is 0.123. The molecule has 3 aromatic rings. The van der Waals surface area contributed by atoms with Crippen molar-refractivity contribution >= 4 is 51.3 Å². The van der Waals surface area contributed by atoms with E-state index in [9.17, 15) is 15.3 Å². The van der Waals surface area contributed by atoms with E-state index < -0.39 is 30.8 Å². The number of thioether (sulfide) groups is 1. The molecular formula is C19H23IN6O4S. The summed E-state index contributed by atoms with van der Waals surface area (Å²) in [7, 11) is 1.54. The number of hydrogen-bond acceptors (Lipinski definition) is 10. The zero-order valence-corrected chi connectivity index (χ0v) is 19.8. The van der Waals surface area contributed by atoms with Gasteiger partial charge in [-0.25, -0.2) is 15.0 Å². The minimum absolute atomic E-state index is 0.459. The average Bonchev–Trinajstić information content (AvgIpc) is 3.32. The minimum atomic E-state index is -1.27. The first-order valence-electron chi connectivity index (χ1n) is 9.56. The molecule has 0 aliphatic carbocycles. The first kappa shape index (κ1) is 22.6. The maximum Gasteiger partial charge on any atom is 0.191 e. The van der Waals surface area contributed by atoms with Crippen molar-refractivity contribution < 1.29 is 20.1 Å². The number of likely N-dealkylation sites (N-methyl/N-ethyl adjacent to an activating group) is 1. The normalized spacial score (nSPS) is 24.6. The van der Waals surface area contributed by atoms with E-state index in [-0.39, 0.29) is 0 Å². The molecule has 12 heteroatoms. The Morgan fingerprint density at radius 1 is 1.29 bits per heavy atom. The number of hydrogen-bond donors (Lipinski definition) is 5. The van der Waals surface area contributed by atoms with E-state index in [4.69, 9.17) is 4.74 Å². The molecule has 1 aliphatic rings. The number of ether oxygens (including phenoxy) is 1. The van der Waals surface area contributed by atoms with Gasteiger partial charge < -0.3 is 25.4 Å². The summed E-state index contributed by atoms with van der Waals surface area (Å²) in [6.07, 6.45) is -2.26. The van der Waals surface area contributed by atoms with Crippen LogP contribution in [0.4, 0.5) is 5.82 Å². The Morgan fingerprint density at radius 2 is 2.10 bits per heavy atom. The smallest absolute Gasteiger partial charge is 0.191 e. The Balaban J connectivity index is 1.67. The Morgan fingerprint density at radius 3 is 2.81 bits per heavy atom. The predicted molar refractivity (Wildman–Crippen MR) is 125 cm³/mol. The fourth-order valence-corrected chi connectivity index (χ4v) is 4.44. The van der Waals surface area contributed by atoms with Crippen LogP contribution in [0.15, 0.2) is 35.7 Å². The molecule has 0 amide bonds. The Kier molecular flexibility index (Phi) is 6.95. The van der Waals surface area contributed by atoms with Gasteiger partial charge in [0.05, 0.1) is 6.33 Å². The zero-order chi connectivity index (χ0) is 22.1. The van der Waals surface area contributed by atoms with Crippen LogP contribution in [-0.2, 0) is 11.3 Å². The van der Waals surface area contributed by atoms with Gasteiger partial charge in [-0.3, -0.25) is 9.88 Å². The van der Waals surface area contributed by atoms with E-state index in [1.54, 1.807) is 4.57 Å². The number of anilines is 1. The monoisotopic (exact) mass is 558 g/mol. The van der Waals surface area contributed by atoms with Crippen LogP contribution in [0.3, 0.4) is 0 Å². The summed E-state index contributed by atoms with van der Waals surface area (Å²) >= 11 is 3.65. The lowest BCUT2D eigenvalue weighted by Crippen LogP contribution is -2.45. The molecule has 2 aromatic heterocycles. The number of imidazole rings is 1. The lowest BCUT2D eigenvalue weighted by Gasteiger charge is -2.20. The molecular weight excluding hydrogens is 535 g/mol. The Labute approximate surface area is 196 Å². The van der Waals surface area contributed by atoms with Crippen molar-refractivity contribution in [1.29, 1.82) is 0 Å². The van der Waals surface area contributed by atoms with E-state index >= 15 is 0 Å². The van der Waals surface area contributed by atoms with Gasteiger partial charge in [0.1, 0.15) is 24.5 Å². The maximum atomic E-state index is 10.5. The molecule has 5 N–H and O–H groups in total. The van der Waals surface area contributed by atoms with Crippen molar-refractivity contribution in [1.82, 2.24) is 24.8 Å². The van der Waals surface area contributed by atoms with Crippen LogP contribution >= 0.6 is 34.4 Å². The number of benzene rings is 1. The van der Waals surface area contributed by atoms with Crippen molar-refractivity contribution in [2.45, 2.75) is 42.5 Å². The number of nitrogens with one attached hydrogen (secondary N) is 2. The standard InChI is InChI=1S/C19H23IN6O4S/c1-21-17(29)14-12(27)13(28)18(30-14)26-8-23-11-15(24-19(31-2)25-16(11)26)22-7-9-4-3-5-10(20)6-9/h3-6,8,12-14,17-18,21,27-29H,7H2,1-2H3,(H,22,24,25)/t12-,13+,14-,17?,18+/m0/s1. The number of rotatable bonds is 7. The summed E-state index contributed by atoms with van der Waals surface area (Å²) in [4.78, 5) is 13.5. The fraction of sp³-hybridized carbons (Fsp3) is 0.421. The number of nitrogens with zero attached hydrogens (tertiary/aromatic N) is 4. The molecule has 1 saturated heterocycles. The predicted octanol–water partition coefficient (Wildman–Crippen LogP) is 0.922. The highest BCUT2D eigenvalue weighted by Crippen LogP contribution is 2.34. The fourth-order valence-electron chi connectivity index (χ4n) is 3.47. The minimum Gasteiger partial charge on any atom is -0.387 e. The summed E-state index contributed by atoms with van der Waals surface area (Å²) in [6.45, 7) is 0.557. The van der Waals surface area contributed by atoms with Crippen LogP contribution in [0.25, 0.3) is 11.2 Å². The van der Waals surface area contributed by atoms with Crippen molar-refractivity contribution in [3.05, 3.63) is 39.7 Å². The molecule has 0 saturated carbocycles. The van der Waals surface area contributed by atoms with Gasteiger partial charge in [0.15, 0.2) is 28.4 Å². The molecule has 1 unspecified atom stereocenters. The van der Waals surface area contributed by atoms with Crippen molar-refractivity contribution in [2.75, 3.05) is 18.6 Å². The maximum absolute atomic E-state index is 10.5. The van der Waals surface area contributed by atoms with Crippen LogP contribution in [0.2, 0.25) is 0 Å². The molecule has 1 aromatic carbocycles. The van der Waals surface area contributed by atoms with Gasteiger partial charge in [0, 0.05) is 10.1 Å². The lowest BCUT2D eigenvalue weighted by molar-refractivity contribution is -0.0911. The van der Waals surface area contributed by atoms with Crippen LogP contribution < -0.4 is 10.6 Å². The highest BCUT2D eigenvalue weighted by Gasteiger charge is 2.47. The summed E-state index contributed by atoms with van der Waals surface area (Å²) in [5.74, 6) is 0.562. The molecule has 166 valence electrons. The number of aliphatic hydroxyl groups excluding tert-OH is 3. The van der Waals surface area contributed by atoms with Gasteiger partial charge in [0.25, 0.3) is 0 Å². The van der Waals surface area contributed by atoms with Gasteiger partial charge in [0.2, 0.25) is 0 Å². The number of halogens is 1. The number of fused-ring (bicyclic) bond motifs is 1. The van der Waals surface area contributed by atoms with E-state index in [1.807, 2.05) is 24.5 Å². The molecule has 0 spiro atoms. The first-order valence-corrected chi connectivity index (χ1v) is 11.9. The molecule has 1 fully saturated rings. The second-order valence-corrected chi connectivity index (χ2v) is 9.09. The van der Waals surface area contributed by atoms with Crippen molar-refractivity contribution in [2.24, 2.45) is 0 Å². The Bertz CT molecular complexity index is 1070. The van der Waals surface area contributed by atoms with Crippen LogP contribution in [0.5, 0.6) is 0 Å². The van der Waals surface area contributed by atoms with Crippen LogP contribution in [-0.4, -0.2) is 72.7 Å². The summed E-state index contributed by atoms with van der Waals surface area (Å²) in [6, 6.07) is 8.13. The zero-order valence-electron chi connectivity index (χ0n) is 16.8. The molecule has 0 radical (unpaired) electrons. The third kappa shape index (κ3) is 4.51. The molecule has 10 nitrogen and oxygen atoms in total. The number of aliphatic hydroxyl groups is 3. The summed E-state index contributed by atoms with van der Waals surface area (Å²) < 4.78 is 8.47. The van der Waals surface area contributed by atoms with Gasteiger partial charge in [-0.15, -0.1) is 0 Å². The third-order valence-electron chi connectivity index (χ3n) is 5.09. The number of aromatic nitrogens is 4.